The summed E-state index contributed by atoms with van der Waals surface area (Å²) in [7, 11) is -3.23. The Morgan fingerprint density at radius 3 is 2.97 bits per heavy atom. The van der Waals surface area contributed by atoms with Gasteiger partial charge in [-0.15, -0.1) is 5.10 Å². The molecule has 12 heteroatoms. The van der Waals surface area contributed by atoms with Gasteiger partial charge < -0.3 is 10.1 Å². The van der Waals surface area contributed by atoms with Crippen LogP contribution in [-0.4, -0.2) is 67.3 Å². The molecule has 2 aliphatic heterocycles. The van der Waals surface area contributed by atoms with Crippen molar-refractivity contribution in [1.82, 2.24) is 34.4 Å². The number of piperidine rings is 1. The maximum atomic E-state index is 12.7. The molecule has 1 aliphatic carbocycles. The smallest absolute Gasteiger partial charge is 0.269 e. The van der Waals surface area contributed by atoms with Gasteiger partial charge in [-0.2, -0.15) is 9.40 Å². The van der Waals surface area contributed by atoms with Crippen LogP contribution >= 0.6 is 0 Å². The molecule has 168 valence electrons. The Bertz CT molecular complexity index is 1090. The fourth-order valence-corrected chi connectivity index (χ4v) is 6.41. The monoisotopic (exact) mass is 449 g/mol. The van der Waals surface area contributed by atoms with Crippen LogP contribution in [0.1, 0.15) is 54.5 Å². The van der Waals surface area contributed by atoms with E-state index in [-0.39, 0.29) is 17.7 Å². The van der Waals surface area contributed by atoms with E-state index >= 15 is 0 Å². The molecule has 2 aromatic rings. The van der Waals surface area contributed by atoms with E-state index in [1.165, 1.54) is 0 Å². The summed E-state index contributed by atoms with van der Waals surface area (Å²) >= 11 is 0. The number of aromatic nitrogens is 5. The van der Waals surface area contributed by atoms with Gasteiger partial charge in [-0.05, 0) is 38.7 Å². The topological polar surface area (TPSA) is 124 Å². The molecule has 1 amide bonds. The Morgan fingerprint density at radius 1 is 1.35 bits per heavy atom. The average Bonchev–Trinajstić information content (AvgIpc) is 3.40. The first-order chi connectivity index (χ1) is 14.9. The third kappa shape index (κ3) is 3.76. The van der Waals surface area contributed by atoms with Crippen LogP contribution in [-0.2, 0) is 41.0 Å². The number of carbonyl (C=O) groups excluding carboxylic acids is 1. The van der Waals surface area contributed by atoms with E-state index in [9.17, 15) is 13.2 Å². The van der Waals surface area contributed by atoms with Crippen molar-refractivity contribution in [3.63, 3.8) is 0 Å². The van der Waals surface area contributed by atoms with E-state index in [0.29, 0.717) is 44.2 Å². The van der Waals surface area contributed by atoms with E-state index < -0.39 is 15.6 Å². The normalized spacial score (nSPS) is 24.3. The predicted molar refractivity (Wildman–Crippen MR) is 109 cm³/mol. The number of ether oxygens (including phenoxy) is 1. The van der Waals surface area contributed by atoms with Crippen LogP contribution in [0.5, 0.6) is 0 Å². The van der Waals surface area contributed by atoms with E-state index in [0.717, 1.165) is 31.4 Å². The lowest BCUT2D eigenvalue weighted by atomic mass is 9.92. The summed E-state index contributed by atoms with van der Waals surface area (Å²) < 4.78 is 36.7. The minimum absolute atomic E-state index is 0.215. The number of rotatable bonds is 6. The molecule has 4 heterocycles. The van der Waals surface area contributed by atoms with Gasteiger partial charge in [0.2, 0.25) is 10.0 Å². The molecular formula is C19H27N7O4S. The van der Waals surface area contributed by atoms with Crippen molar-refractivity contribution >= 4 is 15.9 Å². The lowest BCUT2D eigenvalue weighted by molar-refractivity contribution is -0.117. The van der Waals surface area contributed by atoms with Gasteiger partial charge in [0.15, 0.2) is 0 Å². The molecule has 31 heavy (non-hydrogen) atoms. The molecule has 1 saturated carbocycles. The zero-order valence-electron chi connectivity index (χ0n) is 17.5. The number of nitrogens with zero attached hydrogens (tertiary/aromatic N) is 6. The third-order valence-corrected chi connectivity index (χ3v) is 8.69. The maximum Gasteiger partial charge on any atom is 0.269 e. The number of nitrogens with one attached hydrogen (secondary N) is 1. The number of fused-ring (bicyclic) bond motifs is 1. The molecular weight excluding hydrogens is 422 g/mol. The van der Waals surface area contributed by atoms with Crippen molar-refractivity contribution in [2.45, 2.75) is 69.7 Å². The summed E-state index contributed by atoms with van der Waals surface area (Å²) in [5.41, 5.74) is 1.40. The largest absolute Gasteiger partial charge is 0.365 e. The lowest BCUT2D eigenvalue weighted by Crippen LogP contribution is -2.56. The third-order valence-electron chi connectivity index (χ3n) is 6.35. The summed E-state index contributed by atoms with van der Waals surface area (Å²) in [4.78, 5) is 12.5. The zero-order valence-corrected chi connectivity index (χ0v) is 18.3. The van der Waals surface area contributed by atoms with Crippen LogP contribution in [0, 0.1) is 0 Å². The number of carbonyl (C=O) groups is 1. The molecule has 11 nitrogen and oxygen atoms in total. The van der Waals surface area contributed by atoms with Crippen LogP contribution in [0.3, 0.4) is 0 Å². The first-order valence-corrected chi connectivity index (χ1v) is 12.3. The van der Waals surface area contributed by atoms with Crippen molar-refractivity contribution in [1.29, 1.82) is 0 Å². The highest BCUT2D eigenvalue weighted by Crippen LogP contribution is 2.37. The Kier molecular flexibility index (Phi) is 5.10. The van der Waals surface area contributed by atoms with E-state index in [2.05, 4.69) is 20.7 Å². The molecule has 1 unspecified atom stereocenters. The second kappa shape index (κ2) is 7.68. The predicted octanol–water partition coefficient (Wildman–Crippen LogP) is 0.282. The van der Waals surface area contributed by atoms with Crippen molar-refractivity contribution in [2.24, 2.45) is 0 Å². The van der Waals surface area contributed by atoms with Crippen molar-refractivity contribution < 1.29 is 17.9 Å². The molecule has 2 fully saturated rings. The summed E-state index contributed by atoms with van der Waals surface area (Å²) in [5, 5.41) is 15.3. The number of hydrogen-bond acceptors (Lipinski definition) is 7. The molecule has 3 aliphatic rings. The highest BCUT2D eigenvalue weighted by Gasteiger charge is 2.48. The van der Waals surface area contributed by atoms with E-state index in [4.69, 9.17) is 4.74 Å². The highest BCUT2D eigenvalue weighted by molar-refractivity contribution is 7.90. The molecule has 1 N–H and O–H groups in total. The minimum Gasteiger partial charge on any atom is -0.365 e. The van der Waals surface area contributed by atoms with Gasteiger partial charge in [0, 0.05) is 25.8 Å². The standard InChI is InChI=1S/C19H27N7O4S/c1-2-25-16(6-8-21-25)18(27)20-10-15-17-11-30-19(13-26(17)23-22-15)7-3-9-24(12-19)31(28,29)14-4-5-14/h6,8,14H,2-5,7,9-13H2,1H3,(H,20,27). The first kappa shape index (κ1) is 20.6. The zero-order chi connectivity index (χ0) is 21.6. The minimum atomic E-state index is -3.23. The molecule has 0 radical (unpaired) electrons. The molecule has 1 saturated heterocycles. The highest BCUT2D eigenvalue weighted by atomic mass is 32.2. The van der Waals surface area contributed by atoms with Gasteiger partial charge in [0.05, 0.1) is 30.6 Å². The summed E-state index contributed by atoms with van der Waals surface area (Å²) in [6, 6.07) is 1.68. The van der Waals surface area contributed by atoms with Gasteiger partial charge in [0.25, 0.3) is 5.91 Å². The Balaban J connectivity index is 1.26. The SMILES string of the molecule is CCn1nccc1C(=O)NCc1nnn2c1COC1(CCCN(S(=O)(=O)C3CC3)C1)C2. The van der Waals surface area contributed by atoms with Crippen molar-refractivity contribution in [2.75, 3.05) is 13.1 Å². The second-order valence-corrected chi connectivity index (χ2v) is 10.7. The fraction of sp³-hybridized carbons (Fsp3) is 0.684. The van der Waals surface area contributed by atoms with Crippen molar-refractivity contribution in [3.8, 4) is 0 Å². The van der Waals surface area contributed by atoms with E-state index in [1.54, 1.807) is 25.9 Å². The lowest BCUT2D eigenvalue weighted by Gasteiger charge is -2.44. The first-order valence-electron chi connectivity index (χ1n) is 10.8. The molecule has 1 atom stereocenters. The maximum absolute atomic E-state index is 12.7. The number of aryl methyl sites for hydroxylation is 1. The second-order valence-electron chi connectivity index (χ2n) is 8.51. The van der Waals surface area contributed by atoms with Crippen molar-refractivity contribution in [3.05, 3.63) is 29.3 Å². The quantitative estimate of drug-likeness (QED) is 0.672. The number of sulfonamides is 1. The summed E-state index contributed by atoms with van der Waals surface area (Å²) in [5.74, 6) is -0.220. The van der Waals surface area contributed by atoms with Crippen LogP contribution in [0.4, 0.5) is 0 Å². The Morgan fingerprint density at radius 2 is 2.19 bits per heavy atom. The molecule has 5 rings (SSSR count). The number of hydrogen-bond donors (Lipinski definition) is 1. The van der Waals surface area contributed by atoms with Gasteiger partial charge in [-0.1, -0.05) is 5.21 Å². The molecule has 0 aromatic carbocycles. The van der Waals surface area contributed by atoms with Crippen LogP contribution in [0.25, 0.3) is 0 Å². The fourth-order valence-electron chi connectivity index (χ4n) is 4.46. The number of amides is 1. The van der Waals surface area contributed by atoms with Gasteiger partial charge in [-0.25, -0.2) is 13.1 Å². The van der Waals surface area contributed by atoms with Crippen LogP contribution < -0.4 is 5.32 Å². The molecule has 0 bridgehead atoms. The summed E-state index contributed by atoms with van der Waals surface area (Å²) in [6.07, 6.45) is 4.67. The van der Waals surface area contributed by atoms with Gasteiger partial charge >= 0.3 is 0 Å². The Labute approximate surface area is 180 Å². The van der Waals surface area contributed by atoms with Gasteiger partial charge in [-0.3, -0.25) is 9.48 Å². The summed E-state index contributed by atoms with van der Waals surface area (Å²) in [6.45, 7) is 4.44. The Hall–Kier alpha value is -2.31. The molecule has 2 aromatic heterocycles. The molecule has 1 spiro atoms. The van der Waals surface area contributed by atoms with Gasteiger partial charge in [0.1, 0.15) is 17.0 Å². The average molecular weight is 450 g/mol. The van der Waals surface area contributed by atoms with Crippen LogP contribution in [0.15, 0.2) is 12.3 Å². The van der Waals surface area contributed by atoms with Crippen LogP contribution in [0.2, 0.25) is 0 Å². The van der Waals surface area contributed by atoms with E-state index in [1.807, 2.05) is 6.92 Å².